The minimum absolute atomic E-state index is 0.0485. The second kappa shape index (κ2) is 14.1. The fourth-order valence-corrected chi connectivity index (χ4v) is 3.19. The number of carbonyl (C=O) groups excluding carboxylic acids is 2. The molecule has 0 aliphatic heterocycles. The van der Waals surface area contributed by atoms with Gasteiger partial charge in [0, 0.05) is 0 Å². The number of unbranched alkanes of at least 4 members (excludes halogenated alkanes) is 4. The van der Waals surface area contributed by atoms with Crippen LogP contribution < -0.4 is 0 Å². The monoisotopic (exact) mass is 380 g/mol. The lowest BCUT2D eigenvalue weighted by Gasteiger charge is -2.16. The van der Waals surface area contributed by atoms with E-state index in [4.69, 9.17) is 13.7 Å². The SMILES string of the molecule is CCCCCCCOC(=O)C(CC(=O)OCCC)S(=O)(=O)OCCC. The van der Waals surface area contributed by atoms with Gasteiger partial charge in [-0.05, 0) is 19.3 Å². The zero-order valence-electron chi connectivity index (χ0n) is 15.6. The molecular formula is C17H32O7S. The summed E-state index contributed by atoms with van der Waals surface area (Å²) in [6.45, 7) is 5.92. The number of hydrogen-bond acceptors (Lipinski definition) is 7. The molecule has 0 rings (SSSR count). The van der Waals surface area contributed by atoms with Crippen LogP contribution >= 0.6 is 0 Å². The fourth-order valence-electron chi connectivity index (χ4n) is 1.98. The highest BCUT2D eigenvalue weighted by Gasteiger charge is 2.37. The van der Waals surface area contributed by atoms with Gasteiger partial charge in [-0.1, -0.05) is 46.5 Å². The van der Waals surface area contributed by atoms with E-state index in [9.17, 15) is 18.0 Å². The maximum atomic E-state index is 12.2. The lowest BCUT2D eigenvalue weighted by Crippen LogP contribution is -2.36. The Bertz CT molecular complexity index is 473. The van der Waals surface area contributed by atoms with E-state index in [1.807, 2.05) is 6.92 Å². The molecule has 0 radical (unpaired) electrons. The van der Waals surface area contributed by atoms with E-state index < -0.39 is 33.7 Å². The number of rotatable bonds is 15. The highest BCUT2D eigenvalue weighted by molar-refractivity contribution is 7.88. The minimum atomic E-state index is -4.23. The maximum absolute atomic E-state index is 12.2. The molecule has 0 spiro atoms. The number of carbonyl (C=O) groups is 2. The Morgan fingerprint density at radius 1 is 0.800 bits per heavy atom. The Morgan fingerprint density at radius 3 is 2.04 bits per heavy atom. The maximum Gasteiger partial charge on any atom is 0.327 e. The average Bonchev–Trinajstić information content (AvgIpc) is 2.58. The van der Waals surface area contributed by atoms with Gasteiger partial charge in [-0.15, -0.1) is 0 Å². The van der Waals surface area contributed by atoms with Crippen LogP contribution in [0.25, 0.3) is 0 Å². The second-order valence-corrected chi connectivity index (χ2v) is 7.60. The molecule has 7 nitrogen and oxygen atoms in total. The summed E-state index contributed by atoms with van der Waals surface area (Å²) in [7, 11) is -4.23. The van der Waals surface area contributed by atoms with Crippen LogP contribution in [-0.2, 0) is 33.4 Å². The van der Waals surface area contributed by atoms with Gasteiger partial charge in [0.25, 0.3) is 10.1 Å². The largest absolute Gasteiger partial charge is 0.466 e. The van der Waals surface area contributed by atoms with Crippen molar-refractivity contribution in [2.45, 2.75) is 77.4 Å². The molecule has 1 atom stereocenters. The quantitative estimate of drug-likeness (QED) is 0.245. The van der Waals surface area contributed by atoms with Crippen LogP contribution in [0.2, 0.25) is 0 Å². The summed E-state index contributed by atoms with van der Waals surface area (Å²) in [5, 5.41) is -1.68. The topological polar surface area (TPSA) is 96.0 Å². The summed E-state index contributed by atoms with van der Waals surface area (Å²) in [5.41, 5.74) is 0. The minimum Gasteiger partial charge on any atom is -0.466 e. The highest BCUT2D eigenvalue weighted by Crippen LogP contribution is 2.14. The van der Waals surface area contributed by atoms with E-state index in [2.05, 4.69) is 6.92 Å². The Balaban J connectivity index is 4.70. The second-order valence-electron chi connectivity index (χ2n) is 5.81. The molecule has 0 aromatic rings. The van der Waals surface area contributed by atoms with Crippen LogP contribution in [0, 0.1) is 0 Å². The zero-order chi connectivity index (χ0) is 19.1. The number of esters is 2. The van der Waals surface area contributed by atoms with Gasteiger partial charge in [-0.2, -0.15) is 8.42 Å². The summed E-state index contributed by atoms with van der Waals surface area (Å²) >= 11 is 0. The van der Waals surface area contributed by atoms with Gasteiger partial charge < -0.3 is 9.47 Å². The summed E-state index contributed by atoms with van der Waals surface area (Å²) < 4.78 is 39.1. The van der Waals surface area contributed by atoms with Crippen molar-refractivity contribution in [3.05, 3.63) is 0 Å². The van der Waals surface area contributed by atoms with Crippen molar-refractivity contribution in [2.24, 2.45) is 0 Å². The van der Waals surface area contributed by atoms with Crippen LogP contribution in [0.5, 0.6) is 0 Å². The summed E-state index contributed by atoms with van der Waals surface area (Å²) in [6, 6.07) is 0. The summed E-state index contributed by atoms with van der Waals surface area (Å²) in [4.78, 5) is 23.9. The van der Waals surface area contributed by atoms with E-state index in [1.165, 1.54) is 0 Å². The summed E-state index contributed by atoms with van der Waals surface area (Å²) in [6.07, 6.45) is 5.31. The molecule has 0 saturated carbocycles. The van der Waals surface area contributed by atoms with Gasteiger partial charge >= 0.3 is 11.9 Å². The lowest BCUT2D eigenvalue weighted by molar-refractivity contribution is -0.150. The lowest BCUT2D eigenvalue weighted by atomic mass is 10.2. The van der Waals surface area contributed by atoms with E-state index in [0.29, 0.717) is 19.3 Å². The molecule has 0 bridgehead atoms. The van der Waals surface area contributed by atoms with Crippen molar-refractivity contribution in [1.82, 2.24) is 0 Å². The molecule has 1 unspecified atom stereocenters. The average molecular weight is 381 g/mol. The van der Waals surface area contributed by atoms with Crippen molar-refractivity contribution in [3.8, 4) is 0 Å². The third kappa shape index (κ3) is 11.1. The molecule has 25 heavy (non-hydrogen) atoms. The number of ether oxygens (including phenoxy) is 2. The first kappa shape index (κ1) is 23.9. The Kier molecular flexibility index (Phi) is 13.4. The first-order valence-electron chi connectivity index (χ1n) is 9.09. The van der Waals surface area contributed by atoms with Gasteiger partial charge in [0.05, 0.1) is 26.2 Å². The predicted molar refractivity (Wildman–Crippen MR) is 94.5 cm³/mol. The molecule has 0 heterocycles. The van der Waals surface area contributed by atoms with Gasteiger partial charge in [0.1, 0.15) is 0 Å². The molecule has 0 aliphatic carbocycles. The zero-order valence-corrected chi connectivity index (χ0v) is 16.4. The van der Waals surface area contributed by atoms with Crippen molar-refractivity contribution >= 4 is 22.1 Å². The van der Waals surface area contributed by atoms with Crippen LogP contribution in [0.3, 0.4) is 0 Å². The first-order chi connectivity index (χ1) is 11.9. The molecule has 0 aliphatic rings. The molecule has 8 heteroatoms. The number of hydrogen-bond donors (Lipinski definition) is 0. The van der Waals surface area contributed by atoms with Gasteiger partial charge in [0.2, 0.25) is 0 Å². The third-order valence-electron chi connectivity index (χ3n) is 3.37. The Labute approximate surface area is 151 Å². The van der Waals surface area contributed by atoms with E-state index in [-0.39, 0.29) is 19.8 Å². The molecular weight excluding hydrogens is 348 g/mol. The van der Waals surface area contributed by atoms with Crippen molar-refractivity contribution in [1.29, 1.82) is 0 Å². The van der Waals surface area contributed by atoms with Gasteiger partial charge in [-0.25, -0.2) is 0 Å². The molecule has 0 aromatic carbocycles. The van der Waals surface area contributed by atoms with Crippen molar-refractivity contribution < 1.29 is 31.7 Å². The van der Waals surface area contributed by atoms with Crippen LogP contribution in [0.1, 0.15) is 72.1 Å². The first-order valence-corrected chi connectivity index (χ1v) is 10.6. The molecule has 0 N–H and O–H groups in total. The standard InChI is InChI=1S/C17H32O7S/c1-4-7-8-9-10-13-23-17(19)15(14-16(18)22-11-5-2)25(20,21)24-12-6-3/h15H,4-14H2,1-3H3. The van der Waals surface area contributed by atoms with Crippen LogP contribution in [0.4, 0.5) is 0 Å². The van der Waals surface area contributed by atoms with Gasteiger partial charge in [-0.3, -0.25) is 13.8 Å². The van der Waals surface area contributed by atoms with Crippen molar-refractivity contribution in [2.75, 3.05) is 19.8 Å². The molecule has 0 amide bonds. The predicted octanol–water partition coefficient (Wildman–Crippen LogP) is 2.97. The third-order valence-corrected chi connectivity index (χ3v) is 4.93. The highest BCUT2D eigenvalue weighted by atomic mass is 32.2. The van der Waals surface area contributed by atoms with E-state index in [0.717, 1.165) is 25.7 Å². The van der Waals surface area contributed by atoms with E-state index >= 15 is 0 Å². The summed E-state index contributed by atoms with van der Waals surface area (Å²) in [5.74, 6) is -1.71. The Morgan fingerprint density at radius 2 is 1.44 bits per heavy atom. The molecule has 0 aromatic heterocycles. The van der Waals surface area contributed by atoms with Crippen molar-refractivity contribution in [3.63, 3.8) is 0 Å². The van der Waals surface area contributed by atoms with Crippen LogP contribution in [-0.4, -0.2) is 45.4 Å². The molecule has 148 valence electrons. The van der Waals surface area contributed by atoms with Crippen LogP contribution in [0.15, 0.2) is 0 Å². The van der Waals surface area contributed by atoms with E-state index in [1.54, 1.807) is 6.92 Å². The van der Waals surface area contributed by atoms with Gasteiger partial charge in [0.15, 0.2) is 5.25 Å². The molecule has 0 saturated heterocycles. The molecule has 0 fully saturated rings. The smallest absolute Gasteiger partial charge is 0.327 e. The fraction of sp³-hybridized carbons (Fsp3) is 0.882. The Hall–Kier alpha value is -1.15. The normalized spacial score (nSPS) is 12.6.